The van der Waals surface area contributed by atoms with Crippen molar-refractivity contribution in [3.05, 3.63) is 34.7 Å². The first-order chi connectivity index (χ1) is 8.61. The third-order valence-corrected chi connectivity index (χ3v) is 2.89. The van der Waals surface area contributed by atoms with Crippen LogP contribution in [0.25, 0.3) is 0 Å². The van der Waals surface area contributed by atoms with Crippen molar-refractivity contribution in [1.29, 1.82) is 0 Å². The van der Waals surface area contributed by atoms with E-state index in [-0.39, 0.29) is 10.8 Å². The molecule has 0 unspecified atom stereocenters. The summed E-state index contributed by atoms with van der Waals surface area (Å²) in [5.74, 6) is 1.06. The monoisotopic (exact) mass is 284 g/mol. The molecule has 2 aromatic rings. The van der Waals surface area contributed by atoms with Gasteiger partial charge >= 0.3 is 0 Å². The second-order valence-corrected chi connectivity index (χ2v) is 4.16. The van der Waals surface area contributed by atoms with E-state index in [1.165, 1.54) is 6.33 Å². The average molecular weight is 285 g/mol. The van der Waals surface area contributed by atoms with Crippen LogP contribution in [0, 0.1) is 0 Å². The number of rotatable bonds is 3. The van der Waals surface area contributed by atoms with Crippen LogP contribution in [0.5, 0.6) is 5.75 Å². The molecule has 1 aromatic carbocycles. The maximum absolute atomic E-state index is 6.06. The molecule has 0 aliphatic heterocycles. The Balaban J connectivity index is 2.36. The molecule has 0 atom stereocenters. The molecule has 0 radical (unpaired) electrons. The number of methoxy groups -OCH3 is 1. The predicted octanol–water partition coefficient (Wildman–Crippen LogP) is 3.12. The largest absolute Gasteiger partial charge is 0.497 e. The predicted molar refractivity (Wildman–Crippen MR) is 72.7 cm³/mol. The summed E-state index contributed by atoms with van der Waals surface area (Å²) in [6, 6.07) is 5.20. The third kappa shape index (κ3) is 2.57. The first kappa shape index (κ1) is 12.7. The van der Waals surface area contributed by atoms with Crippen molar-refractivity contribution in [1.82, 2.24) is 9.97 Å². The Kier molecular flexibility index (Phi) is 3.74. The number of nitrogens with two attached hydrogens (primary N) is 1. The fourth-order valence-electron chi connectivity index (χ4n) is 1.33. The minimum atomic E-state index is 0.187. The highest BCUT2D eigenvalue weighted by atomic mass is 35.5. The normalized spacial score (nSPS) is 10.2. The van der Waals surface area contributed by atoms with Crippen LogP contribution in [-0.2, 0) is 0 Å². The molecular formula is C11H10Cl2N4O. The van der Waals surface area contributed by atoms with Crippen molar-refractivity contribution in [2.24, 2.45) is 0 Å². The number of nitrogens with zero attached hydrogens (tertiary/aromatic N) is 2. The third-order valence-electron chi connectivity index (χ3n) is 2.26. The molecule has 0 bridgehead atoms. The van der Waals surface area contributed by atoms with Crippen LogP contribution in [0.3, 0.4) is 0 Å². The highest BCUT2D eigenvalue weighted by Crippen LogP contribution is 2.31. The molecule has 0 aliphatic carbocycles. The van der Waals surface area contributed by atoms with Gasteiger partial charge in [-0.05, 0) is 12.1 Å². The molecule has 0 saturated heterocycles. The Hall–Kier alpha value is -1.72. The molecule has 0 saturated carbocycles. The first-order valence-electron chi connectivity index (χ1n) is 4.98. The number of hydrogen-bond donors (Lipinski definition) is 2. The fraction of sp³-hybridized carbons (Fsp3) is 0.0909. The Labute approximate surface area is 114 Å². The number of aromatic nitrogens is 2. The molecule has 7 heteroatoms. The number of hydrogen-bond acceptors (Lipinski definition) is 5. The molecule has 94 valence electrons. The van der Waals surface area contributed by atoms with Gasteiger partial charge < -0.3 is 15.8 Å². The van der Waals surface area contributed by atoms with E-state index in [0.717, 1.165) is 0 Å². The quantitative estimate of drug-likeness (QED) is 0.848. The van der Waals surface area contributed by atoms with Gasteiger partial charge in [0.15, 0.2) is 11.0 Å². The van der Waals surface area contributed by atoms with Crippen molar-refractivity contribution in [2.75, 3.05) is 18.2 Å². The molecule has 0 fully saturated rings. The molecule has 2 rings (SSSR count). The average Bonchev–Trinajstić information content (AvgIpc) is 2.37. The Morgan fingerprint density at radius 1 is 1.28 bits per heavy atom. The van der Waals surface area contributed by atoms with E-state index in [0.29, 0.717) is 22.3 Å². The molecule has 1 aromatic heterocycles. The summed E-state index contributed by atoms with van der Waals surface area (Å²) in [7, 11) is 1.57. The summed E-state index contributed by atoms with van der Waals surface area (Å²) in [6.45, 7) is 0. The van der Waals surface area contributed by atoms with Crippen LogP contribution < -0.4 is 15.8 Å². The summed E-state index contributed by atoms with van der Waals surface area (Å²) in [6.07, 6.45) is 1.31. The van der Waals surface area contributed by atoms with E-state index < -0.39 is 0 Å². The standard InChI is InChI=1S/C11H10Cl2N4O/c1-18-6-2-3-7(12)8(4-6)17-11-9(14)10(13)15-5-16-11/h2-5H,14H2,1H3,(H,15,16,17). The molecule has 3 N–H and O–H groups in total. The van der Waals surface area contributed by atoms with Crippen molar-refractivity contribution < 1.29 is 4.74 Å². The lowest BCUT2D eigenvalue weighted by Gasteiger charge is -2.11. The lowest BCUT2D eigenvalue weighted by Crippen LogP contribution is -2.01. The van der Waals surface area contributed by atoms with Gasteiger partial charge in [-0.15, -0.1) is 0 Å². The lowest BCUT2D eigenvalue weighted by atomic mass is 10.3. The van der Waals surface area contributed by atoms with E-state index in [1.54, 1.807) is 25.3 Å². The first-order valence-corrected chi connectivity index (χ1v) is 5.74. The maximum atomic E-state index is 6.06. The number of halogens is 2. The van der Waals surface area contributed by atoms with Crippen molar-refractivity contribution in [3.8, 4) is 5.75 Å². The Bertz CT molecular complexity index is 577. The molecule has 18 heavy (non-hydrogen) atoms. The minimum Gasteiger partial charge on any atom is -0.497 e. The van der Waals surface area contributed by atoms with Gasteiger partial charge in [-0.1, -0.05) is 23.2 Å². The van der Waals surface area contributed by atoms with E-state index >= 15 is 0 Å². The van der Waals surface area contributed by atoms with Gasteiger partial charge in [0.05, 0.1) is 17.8 Å². The van der Waals surface area contributed by atoms with Gasteiger partial charge in [-0.2, -0.15) is 0 Å². The van der Waals surface area contributed by atoms with E-state index in [4.69, 9.17) is 33.7 Å². The highest BCUT2D eigenvalue weighted by Gasteiger charge is 2.09. The molecular weight excluding hydrogens is 275 g/mol. The van der Waals surface area contributed by atoms with E-state index in [9.17, 15) is 0 Å². The zero-order valence-electron chi connectivity index (χ0n) is 9.45. The number of benzene rings is 1. The van der Waals surface area contributed by atoms with Gasteiger partial charge in [-0.25, -0.2) is 9.97 Å². The second-order valence-electron chi connectivity index (χ2n) is 3.40. The van der Waals surface area contributed by atoms with Crippen LogP contribution in [0.1, 0.15) is 0 Å². The second kappa shape index (κ2) is 5.29. The maximum Gasteiger partial charge on any atom is 0.158 e. The number of anilines is 3. The minimum absolute atomic E-state index is 0.187. The summed E-state index contributed by atoms with van der Waals surface area (Å²) < 4.78 is 5.11. The van der Waals surface area contributed by atoms with Crippen LogP contribution >= 0.6 is 23.2 Å². The molecule has 0 spiro atoms. The number of ether oxygens (including phenoxy) is 1. The zero-order valence-corrected chi connectivity index (χ0v) is 11.0. The van der Waals surface area contributed by atoms with Gasteiger partial charge in [-0.3, -0.25) is 0 Å². The molecule has 1 heterocycles. The fourth-order valence-corrected chi connectivity index (χ4v) is 1.63. The zero-order chi connectivity index (χ0) is 13.1. The van der Waals surface area contributed by atoms with Gasteiger partial charge in [0.25, 0.3) is 0 Å². The summed E-state index contributed by atoms with van der Waals surface area (Å²) in [4.78, 5) is 7.77. The van der Waals surface area contributed by atoms with Gasteiger partial charge in [0, 0.05) is 6.07 Å². The SMILES string of the molecule is COc1ccc(Cl)c(Nc2ncnc(Cl)c2N)c1. The van der Waals surface area contributed by atoms with Gasteiger partial charge in [0.2, 0.25) is 0 Å². The van der Waals surface area contributed by atoms with Crippen LogP contribution in [0.2, 0.25) is 10.2 Å². The summed E-state index contributed by atoms with van der Waals surface area (Å²) >= 11 is 11.9. The topological polar surface area (TPSA) is 73.1 Å². The molecule has 0 amide bonds. The van der Waals surface area contributed by atoms with E-state index in [1.807, 2.05) is 0 Å². The van der Waals surface area contributed by atoms with Gasteiger partial charge in [0.1, 0.15) is 17.8 Å². The van der Waals surface area contributed by atoms with Crippen molar-refractivity contribution in [2.45, 2.75) is 0 Å². The lowest BCUT2D eigenvalue weighted by molar-refractivity contribution is 0.415. The van der Waals surface area contributed by atoms with Crippen LogP contribution in [0.4, 0.5) is 17.2 Å². The van der Waals surface area contributed by atoms with Crippen LogP contribution in [-0.4, -0.2) is 17.1 Å². The Morgan fingerprint density at radius 3 is 2.78 bits per heavy atom. The summed E-state index contributed by atoms with van der Waals surface area (Å²) in [5, 5.41) is 3.69. The van der Waals surface area contributed by atoms with Crippen molar-refractivity contribution >= 4 is 40.4 Å². The molecule has 5 nitrogen and oxygen atoms in total. The molecule has 0 aliphatic rings. The summed E-state index contributed by atoms with van der Waals surface area (Å²) in [5.41, 5.74) is 6.64. The van der Waals surface area contributed by atoms with Crippen LogP contribution in [0.15, 0.2) is 24.5 Å². The Morgan fingerprint density at radius 2 is 2.06 bits per heavy atom. The smallest absolute Gasteiger partial charge is 0.158 e. The van der Waals surface area contributed by atoms with E-state index in [2.05, 4.69) is 15.3 Å². The highest BCUT2D eigenvalue weighted by molar-refractivity contribution is 6.34. The number of nitrogens with one attached hydrogen (secondary N) is 1. The number of nitrogen functional groups attached to an aromatic ring is 1. The van der Waals surface area contributed by atoms with Crippen molar-refractivity contribution in [3.63, 3.8) is 0 Å².